The van der Waals surface area contributed by atoms with Crippen molar-refractivity contribution < 1.29 is 27.2 Å². The molecule has 1 fully saturated rings. The number of hydrogen-bond acceptors (Lipinski definition) is 7. The van der Waals surface area contributed by atoms with Crippen molar-refractivity contribution in [1.82, 2.24) is 19.9 Å². The number of aromatic nitrogens is 1. The molecule has 3 heterocycles. The summed E-state index contributed by atoms with van der Waals surface area (Å²) in [5, 5.41) is 6.17. The number of nitrogens with zero attached hydrogens (tertiary/aromatic N) is 2. The molecule has 0 spiro atoms. The van der Waals surface area contributed by atoms with Crippen molar-refractivity contribution in [2.75, 3.05) is 13.1 Å². The molecule has 4 rings (SSSR count). The van der Waals surface area contributed by atoms with E-state index in [1.54, 1.807) is 37.3 Å². The van der Waals surface area contributed by atoms with Crippen LogP contribution in [0.2, 0.25) is 0 Å². The SMILES string of the molecule is CC(C)C[C@@H](NC(=O)c1cc2ccccc2o1)C(=O)N[C@@H]1C(=O)CN(S(=O)(=O)c2ccccn2)CC[C@@H]1C. The lowest BCUT2D eigenvalue weighted by atomic mass is 9.95. The summed E-state index contributed by atoms with van der Waals surface area (Å²) in [6, 6.07) is 11.6. The molecule has 0 aliphatic carbocycles. The molecule has 3 atom stereocenters. The van der Waals surface area contributed by atoms with E-state index in [-0.39, 0.29) is 35.7 Å². The third-order valence-electron chi connectivity index (χ3n) is 6.60. The van der Waals surface area contributed by atoms with E-state index >= 15 is 0 Å². The predicted molar refractivity (Wildman–Crippen MR) is 141 cm³/mol. The van der Waals surface area contributed by atoms with E-state index in [9.17, 15) is 22.8 Å². The monoisotopic (exact) mass is 540 g/mol. The van der Waals surface area contributed by atoms with Crippen LogP contribution >= 0.6 is 0 Å². The molecule has 1 saturated heterocycles. The second kappa shape index (κ2) is 11.4. The van der Waals surface area contributed by atoms with Gasteiger partial charge < -0.3 is 15.1 Å². The summed E-state index contributed by atoms with van der Waals surface area (Å²) in [7, 11) is -3.96. The maximum absolute atomic E-state index is 13.3. The number of nitrogens with one attached hydrogen (secondary N) is 2. The van der Waals surface area contributed by atoms with Crippen molar-refractivity contribution in [2.24, 2.45) is 11.8 Å². The standard InChI is InChI=1S/C27H32N4O6S/c1-17(2)14-20(29-27(34)23-15-19-8-4-5-9-22(19)37-23)26(33)30-25-18(3)11-13-31(16-21(25)32)38(35,36)24-10-6-7-12-28-24/h4-10,12,15,17-18,20,25H,11,13-14,16H2,1-3H3,(H,29,34)(H,30,33)/t18-,20+,25-/m0/s1. The maximum Gasteiger partial charge on any atom is 0.287 e. The molecule has 2 aromatic heterocycles. The van der Waals surface area contributed by atoms with Crippen LogP contribution < -0.4 is 10.6 Å². The van der Waals surface area contributed by atoms with Gasteiger partial charge in [-0.05, 0) is 48.9 Å². The van der Waals surface area contributed by atoms with Crippen LogP contribution in [0.25, 0.3) is 11.0 Å². The minimum atomic E-state index is -3.96. The number of hydrogen-bond donors (Lipinski definition) is 2. The van der Waals surface area contributed by atoms with Crippen molar-refractivity contribution >= 4 is 38.6 Å². The van der Waals surface area contributed by atoms with Gasteiger partial charge >= 0.3 is 0 Å². The molecule has 1 aliphatic rings. The minimum Gasteiger partial charge on any atom is -0.451 e. The van der Waals surface area contributed by atoms with E-state index in [2.05, 4.69) is 15.6 Å². The van der Waals surface area contributed by atoms with Crippen LogP contribution in [0.3, 0.4) is 0 Å². The number of carbonyl (C=O) groups is 3. The van der Waals surface area contributed by atoms with Crippen LogP contribution in [0, 0.1) is 11.8 Å². The van der Waals surface area contributed by atoms with Gasteiger partial charge in [0, 0.05) is 18.1 Å². The van der Waals surface area contributed by atoms with E-state index in [4.69, 9.17) is 4.42 Å². The number of ketones is 1. The largest absolute Gasteiger partial charge is 0.451 e. The molecule has 0 saturated carbocycles. The number of furan rings is 1. The number of fused-ring (bicyclic) bond motifs is 1. The first-order chi connectivity index (χ1) is 18.1. The first-order valence-corrected chi connectivity index (χ1v) is 14.0. The number of pyridine rings is 1. The van der Waals surface area contributed by atoms with E-state index in [1.165, 1.54) is 12.3 Å². The molecular formula is C27H32N4O6S. The Morgan fingerprint density at radius 3 is 2.58 bits per heavy atom. The van der Waals surface area contributed by atoms with Crippen molar-refractivity contribution in [2.45, 2.75) is 50.7 Å². The topological polar surface area (TPSA) is 139 Å². The van der Waals surface area contributed by atoms with Gasteiger partial charge in [0.25, 0.3) is 15.9 Å². The molecule has 3 aromatic rings. The predicted octanol–water partition coefficient (Wildman–Crippen LogP) is 2.76. The molecule has 0 unspecified atom stereocenters. The quantitative estimate of drug-likeness (QED) is 0.448. The van der Waals surface area contributed by atoms with E-state index in [0.717, 1.165) is 9.69 Å². The molecule has 0 radical (unpaired) electrons. The highest BCUT2D eigenvalue weighted by Gasteiger charge is 2.38. The number of benzene rings is 1. The van der Waals surface area contributed by atoms with Crippen LogP contribution in [-0.2, 0) is 19.6 Å². The number of amides is 2. The molecule has 202 valence electrons. The second-order valence-electron chi connectivity index (χ2n) is 10.0. The molecular weight excluding hydrogens is 508 g/mol. The Bertz CT molecular complexity index is 1390. The van der Waals surface area contributed by atoms with Crippen molar-refractivity contribution in [3.63, 3.8) is 0 Å². The zero-order chi connectivity index (χ0) is 27.4. The maximum atomic E-state index is 13.3. The summed E-state index contributed by atoms with van der Waals surface area (Å²) in [5.41, 5.74) is 0.561. The lowest BCUT2D eigenvalue weighted by Crippen LogP contribution is -2.54. The number of Topliss-reactive ketones (excluding diaryl/α,β-unsaturated/α-hetero) is 1. The fraction of sp³-hybridized carbons (Fsp3) is 0.407. The third-order valence-corrected chi connectivity index (χ3v) is 8.36. The Labute approximate surface area is 221 Å². The first-order valence-electron chi connectivity index (χ1n) is 12.6. The van der Waals surface area contributed by atoms with Crippen molar-refractivity contribution in [3.8, 4) is 0 Å². The second-order valence-corrected chi connectivity index (χ2v) is 11.9. The highest BCUT2D eigenvalue weighted by Crippen LogP contribution is 2.22. The zero-order valence-electron chi connectivity index (χ0n) is 21.6. The highest BCUT2D eigenvalue weighted by atomic mass is 32.2. The lowest BCUT2D eigenvalue weighted by Gasteiger charge is -2.25. The summed E-state index contributed by atoms with van der Waals surface area (Å²) in [4.78, 5) is 43.4. The smallest absolute Gasteiger partial charge is 0.287 e. The fourth-order valence-electron chi connectivity index (χ4n) is 4.52. The molecule has 2 amide bonds. The third kappa shape index (κ3) is 6.11. The van der Waals surface area contributed by atoms with Gasteiger partial charge in [-0.25, -0.2) is 13.4 Å². The Balaban J connectivity index is 1.48. The fourth-order valence-corrected chi connectivity index (χ4v) is 5.87. The molecule has 0 bridgehead atoms. The Kier molecular flexibility index (Phi) is 8.27. The summed E-state index contributed by atoms with van der Waals surface area (Å²) >= 11 is 0. The Morgan fingerprint density at radius 2 is 1.89 bits per heavy atom. The first kappa shape index (κ1) is 27.5. The van der Waals surface area contributed by atoms with Crippen LogP contribution in [0.1, 0.15) is 44.2 Å². The zero-order valence-corrected chi connectivity index (χ0v) is 22.4. The normalized spacial score (nSPS) is 19.7. The van der Waals surface area contributed by atoms with Crippen LogP contribution in [-0.4, -0.2) is 60.5 Å². The number of rotatable bonds is 8. The van der Waals surface area contributed by atoms with E-state index < -0.39 is 39.7 Å². The molecule has 1 aromatic carbocycles. The van der Waals surface area contributed by atoms with Crippen LogP contribution in [0.5, 0.6) is 0 Å². The minimum absolute atomic E-state index is 0.0722. The van der Waals surface area contributed by atoms with Gasteiger partial charge in [0.15, 0.2) is 16.6 Å². The van der Waals surface area contributed by atoms with Gasteiger partial charge in [-0.2, -0.15) is 4.31 Å². The van der Waals surface area contributed by atoms with Crippen molar-refractivity contribution in [3.05, 3.63) is 60.5 Å². The van der Waals surface area contributed by atoms with Gasteiger partial charge in [0.05, 0.1) is 12.6 Å². The summed E-state index contributed by atoms with van der Waals surface area (Å²) in [6.07, 6.45) is 2.09. The molecule has 38 heavy (non-hydrogen) atoms. The van der Waals surface area contributed by atoms with Crippen LogP contribution in [0.15, 0.2) is 64.2 Å². The summed E-state index contributed by atoms with van der Waals surface area (Å²) in [6.45, 7) is 5.38. The Morgan fingerprint density at radius 1 is 1.16 bits per heavy atom. The van der Waals surface area contributed by atoms with Gasteiger partial charge in [-0.15, -0.1) is 0 Å². The van der Waals surface area contributed by atoms with Gasteiger partial charge in [0.1, 0.15) is 11.6 Å². The summed E-state index contributed by atoms with van der Waals surface area (Å²) < 4.78 is 32.8. The Hall–Kier alpha value is -3.57. The van der Waals surface area contributed by atoms with Gasteiger partial charge in [-0.1, -0.05) is 45.0 Å². The molecule has 2 N–H and O–H groups in total. The molecule has 1 aliphatic heterocycles. The average molecular weight is 541 g/mol. The number of sulfonamides is 1. The number of carbonyl (C=O) groups excluding carboxylic acids is 3. The van der Waals surface area contributed by atoms with Gasteiger partial charge in [-0.3, -0.25) is 14.4 Å². The number of para-hydroxylation sites is 1. The van der Waals surface area contributed by atoms with Crippen molar-refractivity contribution in [1.29, 1.82) is 0 Å². The highest BCUT2D eigenvalue weighted by molar-refractivity contribution is 7.89. The van der Waals surface area contributed by atoms with Gasteiger partial charge in [0.2, 0.25) is 5.91 Å². The molecule has 10 nitrogen and oxygen atoms in total. The van der Waals surface area contributed by atoms with E-state index in [0.29, 0.717) is 18.4 Å². The lowest BCUT2D eigenvalue weighted by molar-refractivity contribution is -0.129. The molecule has 11 heteroatoms. The summed E-state index contributed by atoms with van der Waals surface area (Å²) in [5.74, 6) is -1.62. The van der Waals surface area contributed by atoms with E-state index in [1.807, 2.05) is 26.0 Å². The van der Waals surface area contributed by atoms with Crippen LogP contribution in [0.4, 0.5) is 0 Å². The average Bonchev–Trinajstić information content (AvgIpc) is 3.27.